The van der Waals surface area contributed by atoms with Crippen LogP contribution in [0.4, 0.5) is 4.39 Å². The van der Waals surface area contributed by atoms with Gasteiger partial charge in [0.05, 0.1) is 18.7 Å². The zero-order chi connectivity index (χ0) is 21.7. The summed E-state index contributed by atoms with van der Waals surface area (Å²) in [7, 11) is 1.58. The summed E-state index contributed by atoms with van der Waals surface area (Å²) in [5.74, 6) is -0.156. The van der Waals surface area contributed by atoms with E-state index >= 15 is 0 Å². The molecule has 0 aliphatic rings. The van der Waals surface area contributed by atoms with Crippen LogP contribution in [0.5, 0.6) is 0 Å². The molecule has 0 saturated heterocycles. The molecule has 0 radical (unpaired) electrons. The number of methoxy groups -OCH3 is 1. The number of carbonyl (C=O) groups is 1. The smallest absolute Gasteiger partial charge is 0.257 e. The fourth-order valence-corrected chi connectivity index (χ4v) is 3.69. The number of halogens is 1. The summed E-state index contributed by atoms with van der Waals surface area (Å²) in [6.07, 6.45) is 3.65. The van der Waals surface area contributed by atoms with Crippen LogP contribution in [0, 0.1) is 26.6 Å². The monoisotopic (exact) mass is 409 g/mol. The summed E-state index contributed by atoms with van der Waals surface area (Å²) in [5.41, 5.74) is 4.98. The van der Waals surface area contributed by atoms with Gasteiger partial charge in [0.25, 0.3) is 5.91 Å². The number of imidazole rings is 1. The van der Waals surface area contributed by atoms with Gasteiger partial charge < -0.3 is 14.2 Å². The van der Waals surface area contributed by atoms with Crippen LogP contribution in [-0.2, 0) is 17.8 Å². The molecule has 0 aliphatic carbocycles. The highest BCUT2D eigenvalue weighted by atomic mass is 19.1. The maximum atomic E-state index is 14.2. The summed E-state index contributed by atoms with van der Waals surface area (Å²) >= 11 is 0. The van der Waals surface area contributed by atoms with Crippen molar-refractivity contribution in [3.05, 3.63) is 88.3 Å². The van der Waals surface area contributed by atoms with Crippen molar-refractivity contribution in [2.45, 2.75) is 33.9 Å². The Balaban J connectivity index is 1.86. The molecule has 0 aliphatic heterocycles. The van der Waals surface area contributed by atoms with Gasteiger partial charge in [0.2, 0.25) is 0 Å². The maximum absolute atomic E-state index is 14.2. The quantitative estimate of drug-likeness (QED) is 0.558. The molecule has 0 saturated carbocycles. The van der Waals surface area contributed by atoms with Gasteiger partial charge in [-0.05, 0) is 49.6 Å². The Morgan fingerprint density at radius 2 is 1.87 bits per heavy atom. The fraction of sp³-hybridized carbons (Fsp3) is 0.333. The van der Waals surface area contributed by atoms with Crippen LogP contribution < -0.4 is 0 Å². The van der Waals surface area contributed by atoms with Gasteiger partial charge >= 0.3 is 0 Å². The first-order chi connectivity index (χ1) is 14.4. The number of carbonyl (C=O) groups excluding carboxylic acids is 1. The lowest BCUT2D eigenvalue weighted by Gasteiger charge is -2.23. The largest absolute Gasteiger partial charge is 0.383 e. The normalized spacial score (nSPS) is 11.0. The Kier molecular flexibility index (Phi) is 7.00. The predicted octanol–water partition coefficient (Wildman–Crippen LogP) is 4.28. The molecule has 0 bridgehead atoms. The zero-order valence-electron chi connectivity index (χ0n) is 18.0. The number of amides is 1. The SMILES string of the molecule is COCCN(Cc1nccn1Cc1c(C)cc(C)cc1C)C(=O)c1ccccc1F. The molecule has 5 nitrogen and oxygen atoms in total. The molecule has 158 valence electrons. The first-order valence-corrected chi connectivity index (χ1v) is 10.00. The predicted molar refractivity (Wildman–Crippen MR) is 115 cm³/mol. The second-order valence-electron chi connectivity index (χ2n) is 7.55. The third-order valence-electron chi connectivity index (χ3n) is 5.26. The van der Waals surface area contributed by atoms with Crippen molar-refractivity contribution in [1.29, 1.82) is 0 Å². The second kappa shape index (κ2) is 9.67. The van der Waals surface area contributed by atoms with Gasteiger partial charge in [-0.3, -0.25) is 4.79 Å². The van der Waals surface area contributed by atoms with Gasteiger partial charge in [0.1, 0.15) is 11.6 Å². The van der Waals surface area contributed by atoms with E-state index in [9.17, 15) is 9.18 Å². The first kappa shape index (κ1) is 21.7. The molecule has 2 aromatic carbocycles. The van der Waals surface area contributed by atoms with Crippen LogP contribution in [-0.4, -0.2) is 40.6 Å². The minimum atomic E-state index is -0.529. The van der Waals surface area contributed by atoms with Crippen LogP contribution in [0.3, 0.4) is 0 Å². The number of nitrogens with zero attached hydrogens (tertiary/aromatic N) is 3. The standard InChI is InChI=1S/C24H28FN3O2/c1-17-13-18(2)21(19(3)14-17)15-27-10-9-26-23(27)16-28(11-12-30-4)24(29)20-7-5-6-8-22(20)25/h5-10,13-14H,11-12,15-16H2,1-4H3. The van der Waals surface area contributed by atoms with E-state index in [-0.39, 0.29) is 18.0 Å². The van der Waals surface area contributed by atoms with E-state index in [1.807, 2.05) is 10.8 Å². The highest BCUT2D eigenvalue weighted by molar-refractivity contribution is 5.94. The summed E-state index contributed by atoms with van der Waals surface area (Å²) in [6, 6.07) is 10.4. The molecule has 0 unspecified atom stereocenters. The number of ether oxygens (including phenoxy) is 1. The highest BCUT2D eigenvalue weighted by Gasteiger charge is 2.21. The van der Waals surface area contributed by atoms with Crippen molar-refractivity contribution in [3.8, 4) is 0 Å². The average Bonchev–Trinajstić information content (AvgIpc) is 3.14. The van der Waals surface area contributed by atoms with E-state index in [0.717, 1.165) is 5.82 Å². The van der Waals surface area contributed by atoms with Crippen molar-refractivity contribution in [1.82, 2.24) is 14.5 Å². The van der Waals surface area contributed by atoms with E-state index < -0.39 is 5.82 Å². The lowest BCUT2D eigenvalue weighted by molar-refractivity contribution is 0.0668. The third-order valence-corrected chi connectivity index (χ3v) is 5.26. The van der Waals surface area contributed by atoms with E-state index in [1.165, 1.54) is 34.4 Å². The molecule has 0 spiro atoms. The van der Waals surface area contributed by atoms with E-state index in [4.69, 9.17) is 4.74 Å². The lowest BCUT2D eigenvalue weighted by atomic mass is 10.00. The molecule has 0 fully saturated rings. The Hall–Kier alpha value is -2.99. The van der Waals surface area contributed by atoms with Crippen molar-refractivity contribution < 1.29 is 13.9 Å². The molecule has 1 amide bonds. The number of hydrogen-bond donors (Lipinski definition) is 0. The maximum Gasteiger partial charge on any atom is 0.257 e. The lowest BCUT2D eigenvalue weighted by Crippen LogP contribution is -2.35. The number of benzene rings is 2. The van der Waals surface area contributed by atoms with Gasteiger partial charge in [-0.15, -0.1) is 0 Å². The van der Waals surface area contributed by atoms with Gasteiger partial charge in [-0.25, -0.2) is 9.37 Å². The van der Waals surface area contributed by atoms with Crippen LogP contribution in [0.2, 0.25) is 0 Å². The topological polar surface area (TPSA) is 47.4 Å². The van der Waals surface area contributed by atoms with Gasteiger partial charge in [0.15, 0.2) is 0 Å². The highest BCUT2D eigenvalue weighted by Crippen LogP contribution is 2.19. The first-order valence-electron chi connectivity index (χ1n) is 10.00. The van der Waals surface area contributed by atoms with Crippen molar-refractivity contribution in [2.75, 3.05) is 20.3 Å². The number of aryl methyl sites for hydroxylation is 3. The molecular formula is C24H28FN3O2. The van der Waals surface area contributed by atoms with E-state index in [0.29, 0.717) is 19.7 Å². The van der Waals surface area contributed by atoms with Gasteiger partial charge in [0, 0.05) is 32.6 Å². The molecule has 3 rings (SSSR count). The van der Waals surface area contributed by atoms with E-state index in [2.05, 4.69) is 37.9 Å². The number of hydrogen-bond acceptors (Lipinski definition) is 3. The van der Waals surface area contributed by atoms with Crippen LogP contribution in [0.15, 0.2) is 48.8 Å². The molecular weight excluding hydrogens is 381 g/mol. The van der Waals surface area contributed by atoms with Gasteiger partial charge in [-0.1, -0.05) is 29.8 Å². The van der Waals surface area contributed by atoms with Crippen molar-refractivity contribution in [2.24, 2.45) is 0 Å². The molecule has 0 N–H and O–H groups in total. The Labute approximate surface area is 177 Å². The molecule has 3 aromatic rings. The molecule has 1 heterocycles. The Morgan fingerprint density at radius 3 is 2.53 bits per heavy atom. The molecule has 30 heavy (non-hydrogen) atoms. The summed E-state index contributed by atoms with van der Waals surface area (Å²) in [6.45, 7) is 7.95. The van der Waals surface area contributed by atoms with Crippen molar-refractivity contribution >= 4 is 5.91 Å². The van der Waals surface area contributed by atoms with Crippen LogP contribution in [0.1, 0.15) is 38.4 Å². The second-order valence-corrected chi connectivity index (χ2v) is 7.55. The van der Waals surface area contributed by atoms with Crippen molar-refractivity contribution in [3.63, 3.8) is 0 Å². The molecule has 1 aromatic heterocycles. The van der Waals surface area contributed by atoms with Crippen LogP contribution >= 0.6 is 0 Å². The summed E-state index contributed by atoms with van der Waals surface area (Å²) in [4.78, 5) is 19.1. The molecule has 0 atom stereocenters. The fourth-order valence-electron chi connectivity index (χ4n) is 3.69. The van der Waals surface area contributed by atoms with Gasteiger partial charge in [-0.2, -0.15) is 0 Å². The average molecular weight is 410 g/mol. The Morgan fingerprint density at radius 1 is 1.17 bits per heavy atom. The molecule has 6 heteroatoms. The van der Waals surface area contributed by atoms with Crippen LogP contribution in [0.25, 0.3) is 0 Å². The zero-order valence-corrected chi connectivity index (χ0v) is 18.0. The number of rotatable bonds is 8. The Bertz CT molecular complexity index is 1010. The summed E-state index contributed by atoms with van der Waals surface area (Å²) < 4.78 is 21.4. The summed E-state index contributed by atoms with van der Waals surface area (Å²) in [5, 5.41) is 0. The minimum Gasteiger partial charge on any atom is -0.383 e. The van der Waals surface area contributed by atoms with E-state index in [1.54, 1.807) is 30.3 Å². The third kappa shape index (κ3) is 4.94. The minimum absolute atomic E-state index is 0.0527. The number of aromatic nitrogens is 2.